The van der Waals surface area contributed by atoms with Crippen molar-refractivity contribution in [3.8, 4) is 0 Å². The van der Waals surface area contributed by atoms with Crippen LogP contribution in [0.25, 0.3) is 38.6 Å². The Bertz CT molecular complexity index is 1960. The SMILES string of the molecule is CC(C)OB1OC(C)(C)C(C)(C)O1.CC1(C)OB(c2cccc3c2[se]c2ccccc23)OC1(C)C.c1ccc2c(c1)[se]c1ccccc12. The Morgan fingerprint density at radius 2 is 0.896 bits per heavy atom. The van der Waals surface area contributed by atoms with Gasteiger partial charge in [0.25, 0.3) is 0 Å². The van der Waals surface area contributed by atoms with Crippen molar-refractivity contribution in [2.45, 2.75) is 97.7 Å². The van der Waals surface area contributed by atoms with Crippen LogP contribution in [0.15, 0.2) is 91.0 Å². The molecule has 2 aliphatic rings. The van der Waals surface area contributed by atoms with E-state index in [4.69, 9.17) is 23.3 Å². The van der Waals surface area contributed by atoms with Crippen molar-refractivity contribution in [1.29, 1.82) is 0 Å². The molecule has 48 heavy (non-hydrogen) atoms. The van der Waals surface area contributed by atoms with Gasteiger partial charge in [-0.05, 0) is 41.5 Å². The zero-order valence-corrected chi connectivity index (χ0v) is 33.2. The second-order valence-electron chi connectivity index (χ2n) is 14.7. The summed E-state index contributed by atoms with van der Waals surface area (Å²) < 4.78 is 35.1. The van der Waals surface area contributed by atoms with Gasteiger partial charge in [0.2, 0.25) is 0 Å². The molecule has 250 valence electrons. The normalized spacial score (nSPS) is 19.1. The predicted octanol–water partition coefficient (Wildman–Crippen LogP) is 8.40. The molecule has 6 aromatic rings. The van der Waals surface area contributed by atoms with E-state index in [2.05, 4.69) is 119 Å². The molecule has 0 radical (unpaired) electrons. The molecule has 8 rings (SSSR count). The summed E-state index contributed by atoms with van der Waals surface area (Å²) in [6.07, 6.45) is 0.120. The second-order valence-corrected chi connectivity index (χ2v) is 19.2. The van der Waals surface area contributed by atoms with Crippen LogP contribution in [0.2, 0.25) is 0 Å². The first-order valence-electron chi connectivity index (χ1n) is 16.7. The third kappa shape index (κ3) is 7.05. The summed E-state index contributed by atoms with van der Waals surface area (Å²) >= 11 is 0.860. The second kappa shape index (κ2) is 13.5. The molecule has 0 atom stereocenters. The van der Waals surface area contributed by atoms with Crippen molar-refractivity contribution < 1.29 is 23.3 Å². The summed E-state index contributed by atoms with van der Waals surface area (Å²) in [5, 5.41) is 5.61. The van der Waals surface area contributed by atoms with Gasteiger partial charge in [0, 0.05) is 6.10 Å². The van der Waals surface area contributed by atoms with Crippen molar-refractivity contribution >= 4 is 87.5 Å². The van der Waals surface area contributed by atoms with Gasteiger partial charge in [-0.15, -0.1) is 0 Å². The van der Waals surface area contributed by atoms with E-state index in [0.29, 0.717) is 29.0 Å². The molecule has 0 aliphatic carbocycles. The summed E-state index contributed by atoms with van der Waals surface area (Å²) in [4.78, 5) is 0. The molecular formula is C39H46B2O5Se2. The molecule has 0 amide bonds. The number of rotatable bonds is 3. The molecule has 2 saturated heterocycles. The maximum absolute atomic E-state index is 6.26. The molecule has 0 saturated carbocycles. The van der Waals surface area contributed by atoms with Gasteiger partial charge in [-0.25, -0.2) is 0 Å². The molecule has 2 fully saturated rings. The van der Waals surface area contributed by atoms with E-state index in [0.717, 1.165) is 0 Å². The molecule has 5 nitrogen and oxygen atoms in total. The summed E-state index contributed by atoms with van der Waals surface area (Å²) in [5.74, 6) is 0. The molecule has 2 aliphatic heterocycles. The Morgan fingerprint density at radius 1 is 0.500 bits per heavy atom. The fourth-order valence-corrected chi connectivity index (χ4v) is 10.6. The van der Waals surface area contributed by atoms with Crippen LogP contribution in [-0.4, -0.2) is 72.0 Å². The summed E-state index contributed by atoms with van der Waals surface area (Å²) in [6, 6.07) is 32.7. The van der Waals surface area contributed by atoms with Crippen molar-refractivity contribution in [1.82, 2.24) is 0 Å². The number of benzene rings is 4. The van der Waals surface area contributed by atoms with Crippen LogP contribution in [0.5, 0.6) is 0 Å². The summed E-state index contributed by atoms with van der Waals surface area (Å²) in [5.41, 5.74) is 0.0175. The van der Waals surface area contributed by atoms with E-state index in [9.17, 15) is 0 Å². The average Bonchev–Trinajstić information content (AvgIpc) is 3.70. The molecule has 2 aromatic heterocycles. The van der Waals surface area contributed by atoms with E-state index >= 15 is 0 Å². The van der Waals surface area contributed by atoms with Gasteiger partial charge >= 0.3 is 227 Å². The Labute approximate surface area is 298 Å². The maximum atomic E-state index is 6.26. The zero-order valence-electron chi connectivity index (χ0n) is 29.8. The minimum absolute atomic E-state index is 0.120. The Balaban J connectivity index is 0.000000133. The third-order valence-electron chi connectivity index (χ3n) is 9.84. The van der Waals surface area contributed by atoms with Crippen LogP contribution in [0.3, 0.4) is 0 Å². The van der Waals surface area contributed by atoms with E-state index in [1.807, 2.05) is 41.5 Å². The van der Waals surface area contributed by atoms with Crippen LogP contribution in [-0.2, 0) is 23.3 Å². The average molecular weight is 774 g/mol. The third-order valence-corrected chi connectivity index (χ3v) is 14.9. The van der Waals surface area contributed by atoms with Gasteiger partial charge in [-0.1, -0.05) is 0 Å². The predicted molar refractivity (Wildman–Crippen MR) is 205 cm³/mol. The quantitative estimate of drug-likeness (QED) is 0.169. The summed E-state index contributed by atoms with van der Waals surface area (Å²) in [6.45, 7) is 20.4. The van der Waals surface area contributed by atoms with Crippen LogP contribution < -0.4 is 5.46 Å². The zero-order chi connectivity index (χ0) is 34.5. The number of fused-ring (bicyclic) bond motifs is 6. The number of hydrogen-bond acceptors (Lipinski definition) is 5. The van der Waals surface area contributed by atoms with Crippen molar-refractivity contribution in [3.05, 3.63) is 91.0 Å². The van der Waals surface area contributed by atoms with Crippen LogP contribution in [0.1, 0.15) is 69.2 Å². The van der Waals surface area contributed by atoms with E-state index in [-0.39, 0.29) is 35.6 Å². The van der Waals surface area contributed by atoms with E-state index in [1.54, 1.807) is 0 Å². The van der Waals surface area contributed by atoms with Gasteiger partial charge in [-0.2, -0.15) is 0 Å². The van der Waals surface area contributed by atoms with Crippen LogP contribution >= 0.6 is 0 Å². The van der Waals surface area contributed by atoms with Crippen molar-refractivity contribution in [2.75, 3.05) is 0 Å². The van der Waals surface area contributed by atoms with Gasteiger partial charge in [0.15, 0.2) is 0 Å². The minimum atomic E-state index is -0.523. The molecule has 0 spiro atoms. The summed E-state index contributed by atoms with van der Waals surface area (Å²) in [7, 11) is -0.791. The molecule has 0 N–H and O–H groups in total. The standard InChI is InChI=1S/C18H19BO2Se.C12H8Se.C9H19BO3/c1-17(2)18(3,4)21-19(20-17)14-10-7-9-13-12-8-5-6-11-15(12)22-16(13)14;1-3-7-11-9(5-1)10-6-2-4-8-12(10)13-11;1-7(2)11-10-12-8(3,4)9(5,6)13-10/h5-11H,1-4H3;1-8H;7H,1-6H3. The molecule has 4 aromatic carbocycles. The topological polar surface area (TPSA) is 46.2 Å². The Kier molecular flexibility index (Phi) is 10.0. The fraction of sp³-hybridized carbons (Fsp3) is 0.385. The van der Waals surface area contributed by atoms with Crippen molar-refractivity contribution in [2.24, 2.45) is 0 Å². The van der Waals surface area contributed by atoms with Gasteiger partial charge in [-0.3, -0.25) is 0 Å². The molecule has 9 heteroatoms. The first kappa shape index (κ1) is 35.7. The molecule has 0 bridgehead atoms. The molecule has 0 unspecified atom stereocenters. The van der Waals surface area contributed by atoms with Gasteiger partial charge in [0.05, 0.1) is 11.2 Å². The Morgan fingerprint density at radius 3 is 1.38 bits per heavy atom. The Hall–Kier alpha value is -2.15. The number of hydrogen-bond donors (Lipinski definition) is 0. The van der Waals surface area contributed by atoms with Crippen LogP contribution in [0.4, 0.5) is 0 Å². The monoisotopic (exact) mass is 776 g/mol. The fourth-order valence-electron chi connectivity index (χ4n) is 5.67. The van der Waals surface area contributed by atoms with E-state index < -0.39 is 7.32 Å². The molecule has 4 heterocycles. The van der Waals surface area contributed by atoms with Crippen molar-refractivity contribution in [3.63, 3.8) is 0 Å². The first-order valence-corrected chi connectivity index (χ1v) is 20.1. The van der Waals surface area contributed by atoms with E-state index in [1.165, 1.54) is 44.0 Å². The van der Waals surface area contributed by atoms with Crippen LogP contribution in [0, 0.1) is 0 Å². The first-order chi connectivity index (χ1) is 22.6. The van der Waals surface area contributed by atoms with Gasteiger partial charge < -0.3 is 14.0 Å². The molecular weight excluding hydrogens is 728 g/mol. The van der Waals surface area contributed by atoms with Gasteiger partial charge in [0.1, 0.15) is 0 Å².